The summed E-state index contributed by atoms with van der Waals surface area (Å²) in [6.07, 6.45) is 4.56. The molecular formula is C16H17N3O3. The Balaban J connectivity index is 2.48. The second kappa shape index (κ2) is 6.71. The number of carbonyl (C=O) groups is 2. The first-order valence-corrected chi connectivity index (χ1v) is 6.81. The van der Waals surface area contributed by atoms with Crippen molar-refractivity contribution in [3.63, 3.8) is 0 Å². The van der Waals surface area contributed by atoms with Crippen LogP contribution in [0.5, 0.6) is 0 Å². The fraction of sp³-hybridized carbons (Fsp3) is 0.188. The molecule has 0 spiro atoms. The molecule has 0 aliphatic heterocycles. The normalized spacial score (nSPS) is 10.2. The summed E-state index contributed by atoms with van der Waals surface area (Å²) in [5.74, 6) is -0.503. The van der Waals surface area contributed by atoms with Crippen LogP contribution in [0.1, 0.15) is 27.6 Å². The Morgan fingerprint density at radius 1 is 1.36 bits per heavy atom. The SMILES string of the molecule is C=CCN(CC)C(=O)c1cc(C(N)=O)cc(-c2ncco2)c1. The van der Waals surface area contributed by atoms with Gasteiger partial charge in [-0.2, -0.15) is 0 Å². The highest BCUT2D eigenvalue weighted by Gasteiger charge is 2.17. The molecule has 6 heteroatoms. The standard InChI is InChI=1S/C16H17N3O3/c1-3-6-19(4-2)16(21)13-9-11(14(17)20)8-12(10-13)15-18-5-7-22-15/h3,5,7-10H,1,4,6H2,2H3,(H2,17,20). The Morgan fingerprint density at radius 2 is 2.09 bits per heavy atom. The Kier molecular flexibility index (Phi) is 4.73. The van der Waals surface area contributed by atoms with Gasteiger partial charge in [0.15, 0.2) is 0 Å². The average molecular weight is 299 g/mol. The molecule has 2 N–H and O–H groups in total. The molecule has 0 fully saturated rings. The van der Waals surface area contributed by atoms with Gasteiger partial charge in [-0.3, -0.25) is 9.59 Å². The smallest absolute Gasteiger partial charge is 0.254 e. The number of nitrogens with two attached hydrogens (primary N) is 1. The summed E-state index contributed by atoms with van der Waals surface area (Å²) in [5, 5.41) is 0. The number of rotatable bonds is 6. The second-order valence-electron chi connectivity index (χ2n) is 4.63. The summed E-state index contributed by atoms with van der Waals surface area (Å²) in [6, 6.07) is 4.66. The zero-order chi connectivity index (χ0) is 16.1. The first-order valence-electron chi connectivity index (χ1n) is 6.81. The van der Waals surface area contributed by atoms with Crippen LogP contribution in [0.25, 0.3) is 11.5 Å². The first kappa shape index (κ1) is 15.5. The minimum atomic E-state index is -0.616. The number of benzene rings is 1. The molecule has 1 aromatic carbocycles. The minimum Gasteiger partial charge on any atom is -0.445 e. The maximum atomic E-state index is 12.5. The van der Waals surface area contributed by atoms with E-state index in [0.717, 1.165) is 0 Å². The summed E-state index contributed by atoms with van der Waals surface area (Å²) in [6.45, 7) is 6.45. The van der Waals surface area contributed by atoms with Crippen molar-refractivity contribution in [1.29, 1.82) is 0 Å². The summed E-state index contributed by atoms with van der Waals surface area (Å²) in [4.78, 5) is 29.7. The maximum absolute atomic E-state index is 12.5. The largest absolute Gasteiger partial charge is 0.445 e. The summed E-state index contributed by atoms with van der Waals surface area (Å²) < 4.78 is 5.22. The lowest BCUT2D eigenvalue weighted by Gasteiger charge is -2.19. The molecule has 0 atom stereocenters. The van der Waals surface area contributed by atoms with Gasteiger partial charge in [0.25, 0.3) is 5.91 Å². The number of oxazole rings is 1. The number of likely N-dealkylation sites (N-methyl/N-ethyl adjacent to an activating group) is 1. The van der Waals surface area contributed by atoms with Crippen molar-refractivity contribution in [2.45, 2.75) is 6.92 Å². The van der Waals surface area contributed by atoms with Gasteiger partial charge in [0, 0.05) is 29.8 Å². The molecule has 0 unspecified atom stereocenters. The van der Waals surface area contributed by atoms with Crippen molar-refractivity contribution < 1.29 is 14.0 Å². The summed E-state index contributed by atoms with van der Waals surface area (Å²) in [5.41, 5.74) is 6.45. The Hall–Kier alpha value is -2.89. The van der Waals surface area contributed by atoms with Gasteiger partial charge >= 0.3 is 0 Å². The molecule has 2 aromatic rings. The molecule has 0 aliphatic rings. The highest BCUT2D eigenvalue weighted by molar-refractivity contribution is 6.00. The van der Waals surface area contributed by atoms with E-state index in [9.17, 15) is 9.59 Å². The number of hydrogen-bond acceptors (Lipinski definition) is 4. The Bertz CT molecular complexity index is 693. The zero-order valence-electron chi connectivity index (χ0n) is 12.3. The van der Waals surface area contributed by atoms with Crippen molar-refractivity contribution in [1.82, 2.24) is 9.88 Å². The van der Waals surface area contributed by atoms with E-state index in [1.54, 1.807) is 23.1 Å². The van der Waals surface area contributed by atoms with E-state index < -0.39 is 5.91 Å². The van der Waals surface area contributed by atoms with E-state index in [1.165, 1.54) is 18.5 Å². The summed E-state index contributed by atoms with van der Waals surface area (Å²) >= 11 is 0. The van der Waals surface area contributed by atoms with Gasteiger partial charge in [-0.25, -0.2) is 4.98 Å². The molecule has 0 radical (unpaired) electrons. The fourth-order valence-electron chi connectivity index (χ4n) is 2.08. The molecule has 114 valence electrons. The van der Waals surface area contributed by atoms with Crippen molar-refractivity contribution >= 4 is 11.8 Å². The van der Waals surface area contributed by atoms with Gasteiger partial charge in [-0.05, 0) is 25.1 Å². The van der Waals surface area contributed by atoms with Gasteiger partial charge in [0.1, 0.15) is 6.26 Å². The fourth-order valence-corrected chi connectivity index (χ4v) is 2.08. The molecule has 6 nitrogen and oxygen atoms in total. The highest BCUT2D eigenvalue weighted by Crippen LogP contribution is 2.22. The maximum Gasteiger partial charge on any atom is 0.254 e. The zero-order valence-corrected chi connectivity index (χ0v) is 12.3. The quantitative estimate of drug-likeness (QED) is 0.827. The first-order chi connectivity index (χ1) is 10.6. The predicted octanol–water partition coefficient (Wildman–Crippen LogP) is 2.09. The third-order valence-electron chi connectivity index (χ3n) is 3.16. The molecule has 0 saturated heterocycles. The van der Waals surface area contributed by atoms with E-state index in [-0.39, 0.29) is 11.5 Å². The molecule has 0 bridgehead atoms. The topological polar surface area (TPSA) is 89.4 Å². The van der Waals surface area contributed by atoms with Crippen LogP contribution in [0, 0.1) is 0 Å². The Morgan fingerprint density at radius 3 is 2.64 bits per heavy atom. The van der Waals surface area contributed by atoms with Crippen LogP contribution in [0.15, 0.2) is 47.7 Å². The molecule has 1 aromatic heterocycles. The highest BCUT2D eigenvalue weighted by atomic mass is 16.3. The lowest BCUT2D eigenvalue weighted by molar-refractivity contribution is 0.0782. The van der Waals surface area contributed by atoms with Crippen LogP contribution >= 0.6 is 0 Å². The predicted molar refractivity (Wildman–Crippen MR) is 82.2 cm³/mol. The van der Waals surface area contributed by atoms with E-state index in [4.69, 9.17) is 10.2 Å². The monoisotopic (exact) mass is 299 g/mol. The molecular weight excluding hydrogens is 282 g/mol. The van der Waals surface area contributed by atoms with Crippen LogP contribution in [0.3, 0.4) is 0 Å². The van der Waals surface area contributed by atoms with E-state index >= 15 is 0 Å². The van der Waals surface area contributed by atoms with Gasteiger partial charge < -0.3 is 15.1 Å². The number of carbonyl (C=O) groups excluding carboxylic acids is 2. The van der Waals surface area contributed by atoms with Crippen molar-refractivity contribution in [2.75, 3.05) is 13.1 Å². The third kappa shape index (κ3) is 3.22. The van der Waals surface area contributed by atoms with Crippen LogP contribution in [0.4, 0.5) is 0 Å². The van der Waals surface area contributed by atoms with Crippen LogP contribution in [-0.2, 0) is 0 Å². The van der Waals surface area contributed by atoms with E-state index in [0.29, 0.717) is 30.1 Å². The molecule has 22 heavy (non-hydrogen) atoms. The third-order valence-corrected chi connectivity index (χ3v) is 3.16. The minimum absolute atomic E-state index is 0.210. The molecule has 0 aliphatic carbocycles. The number of primary amides is 1. The van der Waals surface area contributed by atoms with Gasteiger partial charge in [0.05, 0.1) is 6.20 Å². The van der Waals surface area contributed by atoms with Gasteiger partial charge in [0.2, 0.25) is 11.8 Å². The lowest BCUT2D eigenvalue weighted by Crippen LogP contribution is -2.31. The molecule has 0 saturated carbocycles. The van der Waals surface area contributed by atoms with Crippen LogP contribution < -0.4 is 5.73 Å². The number of amides is 2. The Labute approximate surface area is 128 Å². The van der Waals surface area contributed by atoms with Gasteiger partial charge in [-0.1, -0.05) is 6.08 Å². The van der Waals surface area contributed by atoms with E-state index in [2.05, 4.69) is 11.6 Å². The lowest BCUT2D eigenvalue weighted by atomic mass is 10.0. The van der Waals surface area contributed by atoms with Crippen LogP contribution in [-0.4, -0.2) is 34.8 Å². The van der Waals surface area contributed by atoms with Crippen LogP contribution in [0.2, 0.25) is 0 Å². The number of aromatic nitrogens is 1. The van der Waals surface area contributed by atoms with Gasteiger partial charge in [-0.15, -0.1) is 6.58 Å². The molecule has 1 heterocycles. The molecule has 2 amide bonds. The van der Waals surface area contributed by atoms with Crippen molar-refractivity contribution in [2.24, 2.45) is 5.73 Å². The van der Waals surface area contributed by atoms with Crippen molar-refractivity contribution in [3.05, 3.63) is 54.4 Å². The second-order valence-corrected chi connectivity index (χ2v) is 4.63. The summed E-state index contributed by atoms with van der Waals surface area (Å²) in [7, 11) is 0. The average Bonchev–Trinajstić information content (AvgIpc) is 3.06. The number of hydrogen-bond donors (Lipinski definition) is 1. The van der Waals surface area contributed by atoms with Crippen molar-refractivity contribution in [3.8, 4) is 11.5 Å². The van der Waals surface area contributed by atoms with E-state index in [1.807, 2.05) is 6.92 Å². The number of nitrogens with zero attached hydrogens (tertiary/aromatic N) is 2. The molecule has 2 rings (SSSR count).